The zero-order valence-electron chi connectivity index (χ0n) is 17.2. The van der Waals surface area contributed by atoms with E-state index in [1.54, 1.807) is 13.2 Å². The Labute approximate surface area is 185 Å². The van der Waals surface area contributed by atoms with Gasteiger partial charge in [-0.3, -0.25) is 24.5 Å². The van der Waals surface area contributed by atoms with Crippen molar-refractivity contribution in [3.63, 3.8) is 0 Å². The first kappa shape index (κ1) is 22.1. The van der Waals surface area contributed by atoms with Crippen molar-refractivity contribution in [2.45, 2.75) is 6.18 Å². The molecule has 8 nitrogen and oxygen atoms in total. The van der Waals surface area contributed by atoms with E-state index in [2.05, 4.69) is 10.4 Å². The van der Waals surface area contributed by atoms with Crippen LogP contribution in [0.1, 0.15) is 21.5 Å². The highest BCUT2D eigenvalue weighted by Gasteiger charge is 2.32. The summed E-state index contributed by atoms with van der Waals surface area (Å²) in [6.45, 7) is -0.0879. The Hall–Kier alpha value is -4.12. The molecular formula is C22H18F3N5O3. The summed E-state index contributed by atoms with van der Waals surface area (Å²) in [5.74, 6) is -1.47. The van der Waals surface area contributed by atoms with E-state index in [0.717, 1.165) is 17.2 Å². The molecule has 0 atom stereocenters. The van der Waals surface area contributed by atoms with Crippen LogP contribution in [0, 0.1) is 0 Å². The fourth-order valence-electron chi connectivity index (χ4n) is 3.47. The number of fused-ring (bicyclic) bond motifs is 1. The number of hydrogen-bond donors (Lipinski definition) is 3. The largest absolute Gasteiger partial charge is 0.416 e. The highest BCUT2D eigenvalue weighted by atomic mass is 19.4. The fraction of sp³-hybridized carbons (Fsp3) is 0.136. The lowest BCUT2D eigenvalue weighted by Crippen LogP contribution is -2.30. The van der Waals surface area contributed by atoms with Crippen molar-refractivity contribution < 1.29 is 28.0 Å². The van der Waals surface area contributed by atoms with Crippen LogP contribution in [0.3, 0.4) is 0 Å². The van der Waals surface area contributed by atoms with Crippen molar-refractivity contribution in [3.05, 3.63) is 71.1 Å². The van der Waals surface area contributed by atoms with Crippen LogP contribution < -0.4 is 16.1 Å². The summed E-state index contributed by atoms with van der Waals surface area (Å²) >= 11 is 0. The van der Waals surface area contributed by atoms with Gasteiger partial charge in [0, 0.05) is 41.2 Å². The average Bonchev–Trinajstić information content (AvgIpc) is 3.18. The van der Waals surface area contributed by atoms with Crippen LogP contribution in [0.25, 0.3) is 17.2 Å². The first-order valence-corrected chi connectivity index (χ1v) is 9.65. The minimum atomic E-state index is -4.65. The summed E-state index contributed by atoms with van der Waals surface area (Å²) in [5, 5.41) is 17.4. The number of aromatic nitrogens is 2. The molecule has 11 heteroatoms. The Morgan fingerprint density at radius 1 is 1.15 bits per heavy atom. The molecule has 1 aliphatic rings. The van der Waals surface area contributed by atoms with Gasteiger partial charge in [0.15, 0.2) is 0 Å². The number of carbonyl (C=O) groups is 2. The predicted octanol–water partition coefficient (Wildman–Crippen LogP) is 3.44. The van der Waals surface area contributed by atoms with Crippen LogP contribution in [0.2, 0.25) is 0 Å². The third-order valence-electron chi connectivity index (χ3n) is 5.09. The molecule has 2 aromatic carbocycles. The zero-order chi connectivity index (χ0) is 23.9. The van der Waals surface area contributed by atoms with E-state index in [1.807, 2.05) is 0 Å². The summed E-state index contributed by atoms with van der Waals surface area (Å²) in [5.41, 5.74) is 5.96. The minimum absolute atomic E-state index is 0.0879. The average molecular weight is 457 g/mol. The number of nitrogens with one attached hydrogen (secondary N) is 1. The van der Waals surface area contributed by atoms with Gasteiger partial charge in [0.1, 0.15) is 0 Å². The lowest BCUT2D eigenvalue weighted by molar-refractivity contribution is -0.137. The van der Waals surface area contributed by atoms with E-state index in [0.29, 0.717) is 16.8 Å². The van der Waals surface area contributed by atoms with Gasteiger partial charge in [0.05, 0.1) is 24.0 Å². The number of hydrogen-bond acceptors (Lipinski definition) is 5. The number of halogens is 3. The molecule has 3 aromatic rings. The molecule has 0 unspecified atom stereocenters. The second-order valence-electron chi connectivity index (χ2n) is 7.52. The van der Waals surface area contributed by atoms with Gasteiger partial charge >= 0.3 is 6.18 Å². The lowest BCUT2D eigenvalue weighted by atomic mass is 10.0. The summed E-state index contributed by atoms with van der Waals surface area (Å²) in [6.07, 6.45) is -0.224. The number of anilines is 2. The van der Waals surface area contributed by atoms with Crippen LogP contribution in [-0.2, 0) is 18.0 Å². The third kappa shape index (κ3) is 4.58. The highest BCUT2D eigenvalue weighted by molar-refractivity contribution is 6.06. The Morgan fingerprint density at radius 3 is 2.55 bits per heavy atom. The Kier molecular flexibility index (Phi) is 5.42. The maximum absolute atomic E-state index is 13.5. The van der Waals surface area contributed by atoms with Gasteiger partial charge in [-0.25, -0.2) is 0 Å². The number of nitrogens with two attached hydrogens (primary N) is 1. The quantitative estimate of drug-likeness (QED) is 0.556. The molecule has 0 spiro atoms. The molecule has 1 aliphatic heterocycles. The van der Waals surface area contributed by atoms with Crippen molar-refractivity contribution in [2.24, 2.45) is 12.8 Å². The molecule has 0 bridgehead atoms. The van der Waals surface area contributed by atoms with Crippen molar-refractivity contribution in [1.29, 1.82) is 0 Å². The van der Waals surface area contributed by atoms with Crippen molar-refractivity contribution in [1.82, 2.24) is 9.78 Å². The molecule has 2 heterocycles. The highest BCUT2D eigenvalue weighted by Crippen LogP contribution is 2.34. The summed E-state index contributed by atoms with van der Waals surface area (Å²) in [6, 6.07) is 7.55. The van der Waals surface area contributed by atoms with E-state index in [-0.39, 0.29) is 28.9 Å². The van der Waals surface area contributed by atoms with Crippen molar-refractivity contribution in [2.75, 3.05) is 16.9 Å². The van der Waals surface area contributed by atoms with Crippen LogP contribution in [0.15, 0.2) is 54.4 Å². The molecule has 4 rings (SSSR count). The first-order chi connectivity index (χ1) is 15.5. The second-order valence-corrected chi connectivity index (χ2v) is 7.52. The van der Waals surface area contributed by atoms with Gasteiger partial charge in [-0.15, -0.1) is 0 Å². The van der Waals surface area contributed by atoms with Gasteiger partial charge in [-0.05, 0) is 48.0 Å². The van der Waals surface area contributed by atoms with Gasteiger partial charge in [-0.1, -0.05) is 0 Å². The van der Waals surface area contributed by atoms with Crippen molar-refractivity contribution in [3.8, 4) is 11.1 Å². The lowest BCUT2D eigenvalue weighted by Gasteiger charge is -2.25. The van der Waals surface area contributed by atoms with Crippen LogP contribution in [-0.4, -0.2) is 33.3 Å². The maximum atomic E-state index is 13.5. The van der Waals surface area contributed by atoms with Crippen LogP contribution in [0.5, 0.6) is 0 Å². The third-order valence-corrected chi connectivity index (χ3v) is 5.09. The molecule has 0 saturated heterocycles. The molecule has 1 aromatic heterocycles. The summed E-state index contributed by atoms with van der Waals surface area (Å²) in [4.78, 5) is 24.3. The van der Waals surface area contributed by atoms with Crippen LogP contribution in [0.4, 0.5) is 24.5 Å². The zero-order valence-corrected chi connectivity index (χ0v) is 17.2. The second kappa shape index (κ2) is 8.10. The number of nitrogens with zero attached hydrogens (tertiary/aromatic N) is 3. The fourth-order valence-corrected chi connectivity index (χ4v) is 3.47. The van der Waals surface area contributed by atoms with Gasteiger partial charge in [-0.2, -0.15) is 18.3 Å². The molecule has 0 fully saturated rings. The molecule has 0 radical (unpaired) electrons. The first-order valence-electron chi connectivity index (χ1n) is 9.65. The number of aryl methyl sites for hydroxylation is 1. The van der Waals surface area contributed by atoms with E-state index in [1.165, 1.54) is 41.2 Å². The normalized spacial score (nSPS) is 13.4. The SMILES string of the molecule is Cn1cc(-c2cc(C(=O)Nc3ccc4c(c3)C=C(C(N)=O)CN4O)cc(C(F)(F)F)c2)cn1. The Morgan fingerprint density at radius 2 is 1.91 bits per heavy atom. The van der Waals surface area contributed by atoms with Gasteiger partial charge < -0.3 is 11.1 Å². The summed E-state index contributed by atoms with van der Waals surface area (Å²) in [7, 11) is 1.63. The van der Waals surface area contributed by atoms with E-state index in [9.17, 15) is 28.0 Å². The van der Waals surface area contributed by atoms with E-state index in [4.69, 9.17) is 5.73 Å². The molecule has 33 heavy (non-hydrogen) atoms. The molecule has 170 valence electrons. The number of benzene rings is 2. The maximum Gasteiger partial charge on any atom is 0.416 e. The standard InChI is InChI=1S/C22H18F3N5O3/c1-29-10-16(9-27-29)12-4-14(7-17(6-12)22(23,24)25)21(32)28-18-2-3-19-13(8-18)5-15(20(26)31)11-30(19)33/h2-10,33H,11H2,1H3,(H2,26,31)(H,28,32). The molecule has 4 N–H and O–H groups in total. The molecule has 2 amide bonds. The summed E-state index contributed by atoms with van der Waals surface area (Å²) < 4.78 is 41.8. The molecular weight excluding hydrogens is 439 g/mol. The minimum Gasteiger partial charge on any atom is -0.366 e. The van der Waals surface area contributed by atoms with Crippen molar-refractivity contribution >= 4 is 29.3 Å². The number of alkyl halides is 3. The topological polar surface area (TPSA) is 113 Å². The number of amides is 2. The Bertz CT molecular complexity index is 1300. The molecule has 0 aliphatic carbocycles. The van der Waals surface area contributed by atoms with Crippen LogP contribution >= 0.6 is 0 Å². The number of carbonyl (C=O) groups excluding carboxylic acids is 2. The van der Waals surface area contributed by atoms with Gasteiger partial charge in [0.2, 0.25) is 5.91 Å². The number of rotatable bonds is 4. The number of primary amides is 1. The number of hydroxylamine groups is 1. The van der Waals surface area contributed by atoms with E-state index >= 15 is 0 Å². The molecule has 0 saturated carbocycles. The monoisotopic (exact) mass is 457 g/mol. The van der Waals surface area contributed by atoms with E-state index < -0.39 is 23.6 Å². The predicted molar refractivity (Wildman–Crippen MR) is 114 cm³/mol. The Balaban J connectivity index is 1.68. The van der Waals surface area contributed by atoms with Gasteiger partial charge in [0.25, 0.3) is 5.91 Å². The smallest absolute Gasteiger partial charge is 0.366 e.